The molecular formula is C8H12O5. The minimum Gasteiger partial charge on any atom is -0.425 e. The van der Waals surface area contributed by atoms with Gasteiger partial charge in [0, 0.05) is 12.8 Å². The SMILES string of the molecule is O=C(CO)OC1CCCCC(=O)O1. The number of cyclic esters (lactones) is 1. The lowest BCUT2D eigenvalue weighted by Gasteiger charge is -2.14. The summed E-state index contributed by atoms with van der Waals surface area (Å²) in [5.41, 5.74) is 0. The van der Waals surface area contributed by atoms with Gasteiger partial charge < -0.3 is 14.6 Å². The summed E-state index contributed by atoms with van der Waals surface area (Å²) in [5.74, 6) is -1.12. The standard InChI is InChI=1S/C8H12O5/c9-5-7(11)13-8-4-2-1-3-6(10)12-8/h8-9H,1-5H2. The predicted octanol–water partition coefficient (Wildman–Crippen LogP) is -0.0348. The molecule has 5 nitrogen and oxygen atoms in total. The van der Waals surface area contributed by atoms with Crippen molar-refractivity contribution in [2.24, 2.45) is 0 Å². The van der Waals surface area contributed by atoms with Gasteiger partial charge in [-0.1, -0.05) is 0 Å². The van der Waals surface area contributed by atoms with Crippen LogP contribution in [0.25, 0.3) is 0 Å². The van der Waals surface area contributed by atoms with Crippen molar-refractivity contribution in [1.82, 2.24) is 0 Å². The van der Waals surface area contributed by atoms with E-state index in [1.165, 1.54) is 0 Å². The number of aliphatic hydroxyl groups is 1. The van der Waals surface area contributed by atoms with Gasteiger partial charge in [0.05, 0.1) is 0 Å². The van der Waals surface area contributed by atoms with Gasteiger partial charge in [-0.3, -0.25) is 4.79 Å². The quantitative estimate of drug-likeness (QED) is 0.616. The molecule has 1 saturated heterocycles. The summed E-state index contributed by atoms with van der Waals surface area (Å²) in [6.07, 6.45) is 1.61. The van der Waals surface area contributed by atoms with Crippen molar-refractivity contribution in [1.29, 1.82) is 0 Å². The molecule has 0 radical (unpaired) electrons. The highest BCUT2D eigenvalue weighted by atomic mass is 16.7. The molecule has 0 aromatic rings. The molecule has 13 heavy (non-hydrogen) atoms. The zero-order valence-corrected chi connectivity index (χ0v) is 7.19. The Balaban J connectivity index is 2.39. The Morgan fingerprint density at radius 2 is 2.38 bits per heavy atom. The summed E-state index contributed by atoms with van der Waals surface area (Å²) in [7, 11) is 0. The first-order valence-corrected chi connectivity index (χ1v) is 4.22. The van der Waals surface area contributed by atoms with Crippen LogP contribution in [0.1, 0.15) is 25.7 Å². The van der Waals surface area contributed by atoms with Crippen molar-refractivity contribution in [3.8, 4) is 0 Å². The highest BCUT2D eigenvalue weighted by Crippen LogP contribution is 2.14. The fraction of sp³-hybridized carbons (Fsp3) is 0.750. The van der Waals surface area contributed by atoms with Crippen LogP contribution in [0.4, 0.5) is 0 Å². The smallest absolute Gasteiger partial charge is 0.334 e. The zero-order valence-electron chi connectivity index (χ0n) is 7.19. The molecule has 0 bridgehead atoms. The number of aliphatic hydroxyl groups excluding tert-OH is 1. The van der Waals surface area contributed by atoms with Gasteiger partial charge in [-0.2, -0.15) is 0 Å². The molecule has 5 heteroatoms. The van der Waals surface area contributed by atoms with Gasteiger partial charge in [0.2, 0.25) is 6.29 Å². The zero-order chi connectivity index (χ0) is 9.68. The Kier molecular flexibility index (Phi) is 3.70. The molecule has 0 saturated carbocycles. The molecule has 74 valence electrons. The molecule has 0 aliphatic carbocycles. The summed E-state index contributed by atoms with van der Waals surface area (Å²) in [4.78, 5) is 21.5. The van der Waals surface area contributed by atoms with Crippen LogP contribution in [0, 0.1) is 0 Å². The first-order valence-electron chi connectivity index (χ1n) is 4.22. The van der Waals surface area contributed by atoms with Crippen LogP contribution in [0.5, 0.6) is 0 Å². The van der Waals surface area contributed by atoms with Crippen molar-refractivity contribution >= 4 is 11.9 Å². The van der Waals surface area contributed by atoms with Gasteiger partial charge in [-0.05, 0) is 12.8 Å². The lowest BCUT2D eigenvalue weighted by Crippen LogP contribution is -2.24. The van der Waals surface area contributed by atoms with E-state index in [9.17, 15) is 9.59 Å². The average Bonchev–Trinajstić information content (AvgIpc) is 2.30. The van der Waals surface area contributed by atoms with Gasteiger partial charge in [-0.15, -0.1) is 0 Å². The number of esters is 2. The molecule has 0 aromatic heterocycles. The van der Waals surface area contributed by atoms with Crippen molar-refractivity contribution < 1.29 is 24.2 Å². The van der Waals surface area contributed by atoms with E-state index in [-0.39, 0.29) is 5.97 Å². The maximum atomic E-state index is 10.9. The molecule has 1 fully saturated rings. The Bertz CT molecular complexity index is 201. The number of carbonyl (C=O) groups excluding carboxylic acids is 2. The van der Waals surface area contributed by atoms with E-state index < -0.39 is 18.9 Å². The fourth-order valence-electron chi connectivity index (χ4n) is 1.11. The second-order valence-electron chi connectivity index (χ2n) is 2.81. The van der Waals surface area contributed by atoms with E-state index in [2.05, 4.69) is 4.74 Å². The van der Waals surface area contributed by atoms with Gasteiger partial charge in [-0.25, -0.2) is 4.79 Å². The highest BCUT2D eigenvalue weighted by Gasteiger charge is 2.21. The number of carbonyl (C=O) groups is 2. The first kappa shape index (κ1) is 9.98. The van der Waals surface area contributed by atoms with E-state index in [0.717, 1.165) is 12.8 Å². The molecule has 1 rings (SSSR count). The first-order chi connectivity index (χ1) is 6.22. The van der Waals surface area contributed by atoms with Crippen molar-refractivity contribution in [2.45, 2.75) is 32.0 Å². The maximum Gasteiger partial charge on any atom is 0.334 e. The van der Waals surface area contributed by atoms with Crippen LogP contribution < -0.4 is 0 Å². The van der Waals surface area contributed by atoms with Crippen LogP contribution in [0.15, 0.2) is 0 Å². The molecule has 1 heterocycles. The van der Waals surface area contributed by atoms with Crippen LogP contribution in [-0.4, -0.2) is 29.9 Å². The van der Waals surface area contributed by atoms with Crippen LogP contribution in [-0.2, 0) is 19.1 Å². The number of rotatable bonds is 2. The Labute approximate surface area is 75.6 Å². The van der Waals surface area contributed by atoms with Gasteiger partial charge >= 0.3 is 11.9 Å². The number of hydrogen-bond donors (Lipinski definition) is 1. The molecule has 0 aromatic carbocycles. The molecule has 1 atom stereocenters. The summed E-state index contributed by atoms with van der Waals surface area (Å²) < 4.78 is 9.45. The minimum absolute atomic E-state index is 0.353. The van der Waals surface area contributed by atoms with E-state index in [4.69, 9.17) is 9.84 Å². The third-order valence-electron chi connectivity index (χ3n) is 1.73. The van der Waals surface area contributed by atoms with Gasteiger partial charge in [0.25, 0.3) is 0 Å². The Morgan fingerprint density at radius 3 is 3.08 bits per heavy atom. The van der Waals surface area contributed by atoms with Crippen LogP contribution >= 0.6 is 0 Å². The van der Waals surface area contributed by atoms with Crippen molar-refractivity contribution in [2.75, 3.05) is 6.61 Å². The number of ether oxygens (including phenoxy) is 2. The Morgan fingerprint density at radius 1 is 1.62 bits per heavy atom. The lowest BCUT2D eigenvalue weighted by molar-refractivity contribution is -0.188. The highest BCUT2D eigenvalue weighted by molar-refractivity contribution is 5.72. The molecule has 1 unspecified atom stereocenters. The lowest BCUT2D eigenvalue weighted by atomic mass is 10.2. The molecule has 0 amide bonds. The third-order valence-corrected chi connectivity index (χ3v) is 1.73. The monoisotopic (exact) mass is 188 g/mol. The van der Waals surface area contributed by atoms with E-state index in [1.807, 2.05) is 0 Å². The topological polar surface area (TPSA) is 72.8 Å². The summed E-state index contributed by atoms with van der Waals surface area (Å²) in [6.45, 7) is -0.686. The van der Waals surface area contributed by atoms with Crippen molar-refractivity contribution in [3.63, 3.8) is 0 Å². The molecular weight excluding hydrogens is 176 g/mol. The second kappa shape index (κ2) is 4.81. The second-order valence-corrected chi connectivity index (χ2v) is 2.81. The van der Waals surface area contributed by atoms with Crippen LogP contribution in [0.3, 0.4) is 0 Å². The normalized spacial score (nSPS) is 23.2. The maximum absolute atomic E-state index is 10.9. The van der Waals surface area contributed by atoms with Crippen LogP contribution in [0.2, 0.25) is 0 Å². The summed E-state index contributed by atoms with van der Waals surface area (Å²) in [5, 5.41) is 8.39. The fourth-order valence-corrected chi connectivity index (χ4v) is 1.11. The number of hydrogen-bond acceptors (Lipinski definition) is 5. The minimum atomic E-state index is -0.811. The molecule has 1 N–H and O–H groups in total. The summed E-state index contributed by atoms with van der Waals surface area (Å²) >= 11 is 0. The van der Waals surface area contributed by atoms with E-state index in [1.54, 1.807) is 0 Å². The molecule has 0 spiro atoms. The van der Waals surface area contributed by atoms with E-state index in [0.29, 0.717) is 12.8 Å². The predicted molar refractivity (Wildman–Crippen MR) is 41.5 cm³/mol. The summed E-state index contributed by atoms with van der Waals surface area (Å²) in [6, 6.07) is 0. The Hall–Kier alpha value is -1.10. The largest absolute Gasteiger partial charge is 0.425 e. The third kappa shape index (κ3) is 3.42. The average molecular weight is 188 g/mol. The van der Waals surface area contributed by atoms with Crippen molar-refractivity contribution in [3.05, 3.63) is 0 Å². The van der Waals surface area contributed by atoms with Gasteiger partial charge in [0.1, 0.15) is 6.61 Å². The molecule has 1 aliphatic rings. The molecule has 1 aliphatic heterocycles. The van der Waals surface area contributed by atoms with E-state index >= 15 is 0 Å². The van der Waals surface area contributed by atoms with Gasteiger partial charge in [0.15, 0.2) is 0 Å².